The van der Waals surface area contributed by atoms with Gasteiger partial charge in [-0.1, -0.05) is 39.0 Å². The summed E-state index contributed by atoms with van der Waals surface area (Å²) in [5.41, 5.74) is 6.98. The van der Waals surface area contributed by atoms with Gasteiger partial charge in [-0.3, -0.25) is 0 Å². The average Bonchev–Trinajstić information content (AvgIpc) is 2.79. The Morgan fingerprint density at radius 2 is 1.47 bits per heavy atom. The molecule has 2 aliphatic rings. The quantitative estimate of drug-likeness (QED) is 0.772. The molecule has 100 valence electrons. The van der Waals surface area contributed by atoms with Crippen LogP contribution >= 0.6 is 0 Å². The van der Waals surface area contributed by atoms with E-state index in [0.29, 0.717) is 10.8 Å². The largest absolute Gasteiger partial charge is 0.330 e. The zero-order chi connectivity index (χ0) is 12.2. The molecule has 2 aliphatic carbocycles. The van der Waals surface area contributed by atoms with Gasteiger partial charge >= 0.3 is 0 Å². The summed E-state index contributed by atoms with van der Waals surface area (Å²) < 4.78 is 0. The first-order chi connectivity index (χ1) is 8.18. The van der Waals surface area contributed by atoms with Crippen molar-refractivity contribution in [3.05, 3.63) is 0 Å². The van der Waals surface area contributed by atoms with Gasteiger partial charge in [0.1, 0.15) is 0 Å². The SMILES string of the molecule is CC1(CNCC2(CN)CCCC2)CCCCC1. The van der Waals surface area contributed by atoms with Crippen molar-refractivity contribution in [2.45, 2.75) is 64.7 Å². The lowest BCUT2D eigenvalue weighted by Crippen LogP contribution is -2.42. The zero-order valence-corrected chi connectivity index (χ0v) is 11.6. The molecule has 0 amide bonds. The first-order valence-corrected chi connectivity index (χ1v) is 7.59. The van der Waals surface area contributed by atoms with Gasteiger partial charge in [0.15, 0.2) is 0 Å². The molecule has 0 aliphatic heterocycles. The number of nitrogens with one attached hydrogen (secondary N) is 1. The fraction of sp³-hybridized carbons (Fsp3) is 1.00. The van der Waals surface area contributed by atoms with Gasteiger partial charge in [0.2, 0.25) is 0 Å². The molecule has 0 aromatic rings. The third-order valence-corrected chi connectivity index (χ3v) is 5.21. The van der Waals surface area contributed by atoms with Gasteiger partial charge in [-0.25, -0.2) is 0 Å². The Balaban J connectivity index is 1.74. The third kappa shape index (κ3) is 3.45. The Labute approximate surface area is 107 Å². The molecule has 2 heteroatoms. The summed E-state index contributed by atoms with van der Waals surface area (Å²) in [6.45, 7) is 5.69. The highest BCUT2D eigenvalue weighted by molar-refractivity contribution is 4.89. The molecule has 2 saturated carbocycles. The van der Waals surface area contributed by atoms with Crippen LogP contribution in [0.4, 0.5) is 0 Å². The highest BCUT2D eigenvalue weighted by Crippen LogP contribution is 2.38. The number of rotatable bonds is 5. The van der Waals surface area contributed by atoms with Gasteiger partial charge < -0.3 is 11.1 Å². The van der Waals surface area contributed by atoms with Crippen molar-refractivity contribution in [2.24, 2.45) is 16.6 Å². The fourth-order valence-electron chi connectivity index (χ4n) is 3.79. The molecule has 0 atom stereocenters. The van der Waals surface area contributed by atoms with Gasteiger partial charge in [-0.05, 0) is 43.1 Å². The maximum Gasteiger partial charge on any atom is 0.00201 e. The lowest BCUT2D eigenvalue weighted by molar-refractivity contribution is 0.191. The minimum atomic E-state index is 0.436. The van der Waals surface area contributed by atoms with Crippen molar-refractivity contribution in [1.82, 2.24) is 5.32 Å². The first kappa shape index (κ1) is 13.4. The molecule has 0 spiro atoms. The van der Waals surface area contributed by atoms with Crippen LogP contribution in [0.2, 0.25) is 0 Å². The predicted octanol–water partition coefficient (Wildman–Crippen LogP) is 3.07. The molecule has 0 bridgehead atoms. The van der Waals surface area contributed by atoms with E-state index >= 15 is 0 Å². The minimum Gasteiger partial charge on any atom is -0.330 e. The van der Waals surface area contributed by atoms with Crippen LogP contribution in [-0.2, 0) is 0 Å². The van der Waals surface area contributed by atoms with E-state index in [1.807, 2.05) is 0 Å². The van der Waals surface area contributed by atoms with Crippen LogP contribution < -0.4 is 11.1 Å². The molecule has 3 N–H and O–H groups in total. The van der Waals surface area contributed by atoms with Gasteiger partial charge in [0.05, 0.1) is 0 Å². The Bertz CT molecular complexity index is 225. The fourth-order valence-corrected chi connectivity index (χ4v) is 3.79. The van der Waals surface area contributed by atoms with Crippen molar-refractivity contribution >= 4 is 0 Å². The predicted molar refractivity (Wildman–Crippen MR) is 74.0 cm³/mol. The highest BCUT2D eigenvalue weighted by Gasteiger charge is 2.33. The second kappa shape index (κ2) is 5.71. The van der Waals surface area contributed by atoms with E-state index in [4.69, 9.17) is 5.73 Å². The molecular weight excluding hydrogens is 208 g/mol. The maximum atomic E-state index is 5.98. The standard InChI is InChI=1S/C15H30N2/c1-14(7-3-2-4-8-14)12-17-13-15(11-16)9-5-6-10-15/h17H,2-13,16H2,1H3. The molecule has 0 heterocycles. The first-order valence-electron chi connectivity index (χ1n) is 7.59. The van der Waals surface area contributed by atoms with E-state index in [1.54, 1.807) is 0 Å². The summed E-state index contributed by atoms with van der Waals surface area (Å²) in [6.07, 6.45) is 12.6. The number of hydrogen-bond donors (Lipinski definition) is 2. The maximum absolute atomic E-state index is 5.98. The van der Waals surface area contributed by atoms with E-state index in [9.17, 15) is 0 Å². The minimum absolute atomic E-state index is 0.436. The Morgan fingerprint density at radius 3 is 2.06 bits per heavy atom. The van der Waals surface area contributed by atoms with Crippen LogP contribution in [0, 0.1) is 10.8 Å². The van der Waals surface area contributed by atoms with Crippen molar-refractivity contribution in [3.8, 4) is 0 Å². The van der Waals surface area contributed by atoms with E-state index in [2.05, 4.69) is 12.2 Å². The van der Waals surface area contributed by atoms with Crippen LogP contribution in [0.1, 0.15) is 64.7 Å². The van der Waals surface area contributed by atoms with Crippen molar-refractivity contribution < 1.29 is 0 Å². The summed E-state index contributed by atoms with van der Waals surface area (Å²) in [5, 5.41) is 3.75. The smallest absolute Gasteiger partial charge is 0.00201 e. The monoisotopic (exact) mass is 238 g/mol. The summed E-state index contributed by atoms with van der Waals surface area (Å²) in [6, 6.07) is 0. The normalized spacial score (nSPS) is 27.2. The van der Waals surface area contributed by atoms with Gasteiger partial charge in [0.25, 0.3) is 0 Å². The lowest BCUT2D eigenvalue weighted by atomic mass is 9.75. The lowest BCUT2D eigenvalue weighted by Gasteiger charge is -2.36. The summed E-state index contributed by atoms with van der Waals surface area (Å²) in [4.78, 5) is 0. The third-order valence-electron chi connectivity index (χ3n) is 5.21. The Morgan fingerprint density at radius 1 is 0.882 bits per heavy atom. The molecule has 2 rings (SSSR count). The van der Waals surface area contributed by atoms with Crippen molar-refractivity contribution in [1.29, 1.82) is 0 Å². The van der Waals surface area contributed by atoms with Crippen LogP contribution in [0.15, 0.2) is 0 Å². The molecule has 0 aromatic carbocycles. The topological polar surface area (TPSA) is 38.0 Å². The molecule has 2 fully saturated rings. The van der Waals surface area contributed by atoms with Crippen LogP contribution in [0.3, 0.4) is 0 Å². The van der Waals surface area contributed by atoms with E-state index in [-0.39, 0.29) is 0 Å². The molecule has 17 heavy (non-hydrogen) atoms. The molecular formula is C15H30N2. The number of hydrogen-bond acceptors (Lipinski definition) is 2. The second-order valence-corrected chi connectivity index (χ2v) is 6.89. The molecule has 0 radical (unpaired) electrons. The van der Waals surface area contributed by atoms with E-state index < -0.39 is 0 Å². The molecule has 2 nitrogen and oxygen atoms in total. The van der Waals surface area contributed by atoms with E-state index in [0.717, 1.165) is 13.1 Å². The molecule has 0 unspecified atom stereocenters. The number of nitrogens with two attached hydrogens (primary N) is 1. The Hall–Kier alpha value is -0.0800. The van der Waals surface area contributed by atoms with Crippen LogP contribution in [0.5, 0.6) is 0 Å². The second-order valence-electron chi connectivity index (χ2n) is 6.89. The van der Waals surface area contributed by atoms with Crippen LogP contribution in [-0.4, -0.2) is 19.6 Å². The summed E-state index contributed by atoms with van der Waals surface area (Å²) in [5.74, 6) is 0. The van der Waals surface area contributed by atoms with Gasteiger partial charge in [-0.15, -0.1) is 0 Å². The Kier molecular flexibility index (Phi) is 4.48. The molecule has 0 saturated heterocycles. The average molecular weight is 238 g/mol. The van der Waals surface area contributed by atoms with Crippen LogP contribution in [0.25, 0.3) is 0 Å². The van der Waals surface area contributed by atoms with Gasteiger partial charge in [-0.2, -0.15) is 0 Å². The summed E-state index contributed by atoms with van der Waals surface area (Å²) in [7, 11) is 0. The van der Waals surface area contributed by atoms with Gasteiger partial charge in [0, 0.05) is 13.1 Å². The molecule has 0 aromatic heterocycles. The van der Waals surface area contributed by atoms with Crippen molar-refractivity contribution in [2.75, 3.05) is 19.6 Å². The highest BCUT2D eigenvalue weighted by atomic mass is 14.9. The zero-order valence-electron chi connectivity index (χ0n) is 11.6. The summed E-state index contributed by atoms with van der Waals surface area (Å²) >= 11 is 0. The van der Waals surface area contributed by atoms with E-state index in [1.165, 1.54) is 64.3 Å². The van der Waals surface area contributed by atoms with Crippen molar-refractivity contribution in [3.63, 3.8) is 0 Å².